The molecule has 0 aromatic heterocycles. The van der Waals surface area contributed by atoms with Crippen LogP contribution in [-0.4, -0.2) is 35.0 Å². The van der Waals surface area contributed by atoms with Gasteiger partial charge < -0.3 is 10.0 Å². The molecule has 4 nitrogen and oxygen atoms in total. The Hall–Kier alpha value is -1.32. The molecule has 0 bridgehead atoms. The number of carbonyl (C=O) groups excluding carboxylic acids is 1. The molecule has 2 aliphatic rings. The van der Waals surface area contributed by atoms with Crippen LogP contribution in [0.1, 0.15) is 26.2 Å². The van der Waals surface area contributed by atoms with Crippen molar-refractivity contribution >= 4 is 11.9 Å². The maximum atomic E-state index is 12.3. The standard InChI is InChI=1S/C13H19NO3/c1-9-7-10(11(8-9)13(16)17)12(15)14-5-3-2-4-6-14/h2-3,9-11H,4-8H2,1H3,(H,16,17). The number of nitrogens with zero attached hydrogens (tertiary/aromatic N) is 1. The van der Waals surface area contributed by atoms with Crippen molar-refractivity contribution in [3.8, 4) is 0 Å². The van der Waals surface area contributed by atoms with E-state index in [0.29, 0.717) is 18.9 Å². The summed E-state index contributed by atoms with van der Waals surface area (Å²) in [5.74, 6) is -1.24. The average Bonchev–Trinajstić information content (AvgIpc) is 2.72. The van der Waals surface area contributed by atoms with Crippen LogP contribution in [0.3, 0.4) is 0 Å². The van der Waals surface area contributed by atoms with Crippen LogP contribution >= 0.6 is 0 Å². The Bertz CT molecular complexity index is 351. The van der Waals surface area contributed by atoms with E-state index in [1.54, 1.807) is 4.90 Å². The van der Waals surface area contributed by atoms with E-state index in [1.165, 1.54) is 0 Å². The Labute approximate surface area is 101 Å². The Morgan fingerprint density at radius 3 is 2.53 bits per heavy atom. The molecule has 1 aliphatic carbocycles. The van der Waals surface area contributed by atoms with E-state index in [1.807, 2.05) is 13.0 Å². The highest BCUT2D eigenvalue weighted by molar-refractivity contribution is 5.85. The number of carbonyl (C=O) groups is 2. The molecule has 1 aliphatic heterocycles. The molecule has 2 rings (SSSR count). The van der Waals surface area contributed by atoms with Crippen molar-refractivity contribution in [3.05, 3.63) is 12.2 Å². The van der Waals surface area contributed by atoms with Crippen LogP contribution in [0.4, 0.5) is 0 Å². The van der Waals surface area contributed by atoms with E-state index >= 15 is 0 Å². The fourth-order valence-corrected chi connectivity index (χ4v) is 2.91. The fourth-order valence-electron chi connectivity index (χ4n) is 2.91. The first kappa shape index (κ1) is 12.1. The quantitative estimate of drug-likeness (QED) is 0.741. The number of hydrogen-bond donors (Lipinski definition) is 1. The van der Waals surface area contributed by atoms with Crippen molar-refractivity contribution in [1.29, 1.82) is 0 Å². The SMILES string of the molecule is CC1CC(C(=O)O)C(C(=O)N2CC=CCC2)C1. The highest BCUT2D eigenvalue weighted by Crippen LogP contribution is 2.37. The number of rotatable bonds is 2. The van der Waals surface area contributed by atoms with Gasteiger partial charge in [-0.3, -0.25) is 9.59 Å². The maximum Gasteiger partial charge on any atom is 0.307 e. The van der Waals surface area contributed by atoms with Crippen LogP contribution in [-0.2, 0) is 9.59 Å². The summed E-state index contributed by atoms with van der Waals surface area (Å²) < 4.78 is 0. The van der Waals surface area contributed by atoms with Crippen LogP contribution < -0.4 is 0 Å². The molecule has 17 heavy (non-hydrogen) atoms. The first-order valence-corrected chi connectivity index (χ1v) is 6.26. The van der Waals surface area contributed by atoms with Crippen LogP contribution in [0.5, 0.6) is 0 Å². The first-order chi connectivity index (χ1) is 8.09. The second kappa shape index (κ2) is 4.90. The van der Waals surface area contributed by atoms with Crippen LogP contribution in [0.2, 0.25) is 0 Å². The van der Waals surface area contributed by atoms with Gasteiger partial charge in [0, 0.05) is 13.1 Å². The lowest BCUT2D eigenvalue weighted by molar-refractivity contribution is -0.149. The summed E-state index contributed by atoms with van der Waals surface area (Å²) in [6.45, 7) is 3.39. The molecule has 1 amide bonds. The van der Waals surface area contributed by atoms with E-state index < -0.39 is 11.9 Å². The van der Waals surface area contributed by atoms with Gasteiger partial charge in [0.15, 0.2) is 0 Å². The summed E-state index contributed by atoms with van der Waals surface area (Å²) in [7, 11) is 0. The van der Waals surface area contributed by atoms with Crippen LogP contribution in [0, 0.1) is 17.8 Å². The van der Waals surface area contributed by atoms with E-state index in [0.717, 1.165) is 19.4 Å². The van der Waals surface area contributed by atoms with Crippen LogP contribution in [0.25, 0.3) is 0 Å². The van der Waals surface area contributed by atoms with Crippen molar-refractivity contribution in [2.24, 2.45) is 17.8 Å². The molecule has 1 heterocycles. The zero-order valence-electron chi connectivity index (χ0n) is 10.1. The Kier molecular flexibility index (Phi) is 3.50. The molecule has 0 spiro atoms. The Balaban J connectivity index is 2.07. The number of hydrogen-bond acceptors (Lipinski definition) is 2. The highest BCUT2D eigenvalue weighted by Gasteiger charge is 2.42. The number of carboxylic acids is 1. The smallest absolute Gasteiger partial charge is 0.307 e. The van der Waals surface area contributed by atoms with Gasteiger partial charge in [0.2, 0.25) is 5.91 Å². The lowest BCUT2D eigenvalue weighted by Crippen LogP contribution is -2.40. The zero-order chi connectivity index (χ0) is 12.4. The molecule has 1 saturated carbocycles. The molecule has 94 valence electrons. The molecule has 1 N–H and O–H groups in total. The minimum Gasteiger partial charge on any atom is -0.481 e. The predicted octanol–water partition coefficient (Wildman–Crippen LogP) is 1.52. The molecular weight excluding hydrogens is 218 g/mol. The third-order valence-electron chi connectivity index (χ3n) is 3.80. The largest absolute Gasteiger partial charge is 0.481 e. The van der Waals surface area contributed by atoms with Gasteiger partial charge in [-0.15, -0.1) is 0 Å². The number of carboxylic acid groups (broad SMARTS) is 1. The molecule has 1 fully saturated rings. The lowest BCUT2D eigenvalue weighted by atomic mass is 9.94. The molecule has 0 aromatic carbocycles. The van der Waals surface area contributed by atoms with Crippen molar-refractivity contribution in [3.63, 3.8) is 0 Å². The summed E-state index contributed by atoms with van der Waals surface area (Å²) in [5, 5.41) is 9.16. The minimum atomic E-state index is -0.819. The van der Waals surface area contributed by atoms with E-state index in [-0.39, 0.29) is 11.8 Å². The second-order valence-electron chi connectivity index (χ2n) is 5.17. The van der Waals surface area contributed by atoms with Gasteiger partial charge in [0.25, 0.3) is 0 Å². The third kappa shape index (κ3) is 2.51. The zero-order valence-corrected chi connectivity index (χ0v) is 10.1. The average molecular weight is 237 g/mol. The van der Waals surface area contributed by atoms with Crippen molar-refractivity contribution in [1.82, 2.24) is 4.90 Å². The molecule has 0 aromatic rings. The monoisotopic (exact) mass is 237 g/mol. The Morgan fingerprint density at radius 2 is 1.94 bits per heavy atom. The number of aliphatic carboxylic acids is 1. The first-order valence-electron chi connectivity index (χ1n) is 6.26. The summed E-state index contributed by atoms with van der Waals surface area (Å²) in [5.41, 5.74) is 0. The van der Waals surface area contributed by atoms with Gasteiger partial charge in [-0.05, 0) is 25.2 Å². The van der Waals surface area contributed by atoms with E-state index in [4.69, 9.17) is 5.11 Å². The Morgan fingerprint density at radius 1 is 1.24 bits per heavy atom. The summed E-state index contributed by atoms with van der Waals surface area (Å²) in [6, 6.07) is 0. The molecule has 0 saturated heterocycles. The summed E-state index contributed by atoms with van der Waals surface area (Å²) >= 11 is 0. The van der Waals surface area contributed by atoms with Gasteiger partial charge >= 0.3 is 5.97 Å². The van der Waals surface area contributed by atoms with Crippen LogP contribution in [0.15, 0.2) is 12.2 Å². The van der Waals surface area contributed by atoms with Gasteiger partial charge in [-0.1, -0.05) is 19.1 Å². The molecule has 4 heteroatoms. The van der Waals surface area contributed by atoms with E-state index in [9.17, 15) is 9.59 Å². The summed E-state index contributed by atoms with van der Waals surface area (Å²) in [4.78, 5) is 25.2. The van der Waals surface area contributed by atoms with Gasteiger partial charge in [0.05, 0.1) is 11.8 Å². The molecule has 3 atom stereocenters. The highest BCUT2D eigenvalue weighted by atomic mass is 16.4. The minimum absolute atomic E-state index is 0.0334. The normalized spacial score (nSPS) is 32.8. The van der Waals surface area contributed by atoms with Gasteiger partial charge in [0.1, 0.15) is 0 Å². The van der Waals surface area contributed by atoms with Gasteiger partial charge in [-0.25, -0.2) is 0 Å². The second-order valence-corrected chi connectivity index (χ2v) is 5.17. The van der Waals surface area contributed by atoms with Crippen molar-refractivity contribution in [2.75, 3.05) is 13.1 Å². The molecular formula is C13H19NO3. The molecule has 3 unspecified atom stereocenters. The predicted molar refractivity (Wildman–Crippen MR) is 63.4 cm³/mol. The topological polar surface area (TPSA) is 57.6 Å². The third-order valence-corrected chi connectivity index (χ3v) is 3.80. The maximum absolute atomic E-state index is 12.3. The lowest BCUT2D eigenvalue weighted by Gasteiger charge is -2.27. The van der Waals surface area contributed by atoms with E-state index in [2.05, 4.69) is 6.08 Å². The van der Waals surface area contributed by atoms with Gasteiger partial charge in [-0.2, -0.15) is 0 Å². The fraction of sp³-hybridized carbons (Fsp3) is 0.692. The summed E-state index contributed by atoms with van der Waals surface area (Å²) in [6.07, 6.45) is 6.28. The molecule has 0 radical (unpaired) electrons. The number of amides is 1. The van der Waals surface area contributed by atoms with Crippen molar-refractivity contribution in [2.45, 2.75) is 26.2 Å². The van der Waals surface area contributed by atoms with Crippen molar-refractivity contribution < 1.29 is 14.7 Å².